The number of fused-ring (bicyclic) bond motifs is 2. The molecule has 2 aliphatic rings. The van der Waals surface area contributed by atoms with Crippen LogP contribution in [0.5, 0.6) is 0 Å². The lowest BCUT2D eigenvalue weighted by Gasteiger charge is -2.28. The molecule has 1 heterocycles. The zero-order chi connectivity index (χ0) is 16.1. The number of alkyl halides is 3. The zero-order valence-corrected chi connectivity index (χ0v) is 12.7. The van der Waals surface area contributed by atoms with Crippen LogP contribution in [0, 0.1) is 17.8 Å². The van der Waals surface area contributed by atoms with Gasteiger partial charge >= 0.3 is 6.18 Å². The number of aryl methyl sites for hydroxylation is 1. The predicted molar refractivity (Wildman–Crippen MR) is 74.1 cm³/mol. The highest BCUT2D eigenvalue weighted by Crippen LogP contribution is 2.49. The molecule has 2 aliphatic carbocycles. The first kappa shape index (κ1) is 15.4. The number of carbonyl (C=O) groups is 1. The molecule has 0 radical (unpaired) electrons. The summed E-state index contributed by atoms with van der Waals surface area (Å²) in [5, 5.41) is 6.24. The van der Waals surface area contributed by atoms with Crippen molar-refractivity contribution in [2.45, 2.75) is 44.8 Å². The molecule has 0 unspecified atom stereocenters. The van der Waals surface area contributed by atoms with Crippen LogP contribution in [-0.4, -0.2) is 21.7 Å². The first-order valence-corrected chi connectivity index (χ1v) is 7.68. The first-order valence-electron chi connectivity index (χ1n) is 7.68. The van der Waals surface area contributed by atoms with Gasteiger partial charge in [-0.3, -0.25) is 9.48 Å². The van der Waals surface area contributed by atoms with Gasteiger partial charge in [0.25, 0.3) is 5.91 Å². The molecule has 22 heavy (non-hydrogen) atoms. The van der Waals surface area contributed by atoms with E-state index < -0.39 is 17.8 Å². The lowest BCUT2D eigenvalue weighted by molar-refractivity contribution is -0.141. The molecule has 2 saturated carbocycles. The summed E-state index contributed by atoms with van der Waals surface area (Å²) in [5.41, 5.74) is -1.09. The van der Waals surface area contributed by atoms with Crippen molar-refractivity contribution in [3.05, 3.63) is 17.5 Å². The summed E-state index contributed by atoms with van der Waals surface area (Å²) >= 11 is 0. The molecule has 0 saturated heterocycles. The zero-order valence-electron chi connectivity index (χ0n) is 12.7. The maximum Gasteiger partial charge on any atom is 0.435 e. The van der Waals surface area contributed by atoms with Crippen LogP contribution in [0.25, 0.3) is 0 Å². The minimum atomic E-state index is -4.54. The van der Waals surface area contributed by atoms with Crippen molar-refractivity contribution in [1.82, 2.24) is 15.1 Å². The third-order valence-corrected chi connectivity index (χ3v) is 5.20. The van der Waals surface area contributed by atoms with Gasteiger partial charge in [0.15, 0.2) is 5.69 Å². The molecule has 1 N–H and O–H groups in total. The van der Waals surface area contributed by atoms with Crippen LogP contribution in [0.2, 0.25) is 0 Å². The van der Waals surface area contributed by atoms with Crippen molar-refractivity contribution >= 4 is 5.91 Å². The summed E-state index contributed by atoms with van der Waals surface area (Å²) in [6.07, 6.45) is 0.296. The van der Waals surface area contributed by atoms with Gasteiger partial charge in [-0.05, 0) is 43.9 Å². The second-order valence-electron chi connectivity index (χ2n) is 6.64. The first-order chi connectivity index (χ1) is 10.3. The Hall–Kier alpha value is -1.53. The highest BCUT2D eigenvalue weighted by molar-refractivity contribution is 5.92. The molecule has 1 amide bonds. The molecule has 2 bridgehead atoms. The van der Waals surface area contributed by atoms with Crippen molar-refractivity contribution in [3.63, 3.8) is 0 Å². The number of halogens is 3. The Morgan fingerprint density at radius 2 is 2.14 bits per heavy atom. The van der Waals surface area contributed by atoms with E-state index in [2.05, 4.69) is 10.4 Å². The molecule has 2 fully saturated rings. The number of hydrogen-bond acceptors (Lipinski definition) is 2. The molecule has 1 aromatic heterocycles. The minimum absolute atomic E-state index is 0.0213. The van der Waals surface area contributed by atoms with Gasteiger partial charge in [-0.1, -0.05) is 6.42 Å². The van der Waals surface area contributed by atoms with E-state index >= 15 is 0 Å². The van der Waals surface area contributed by atoms with Gasteiger partial charge < -0.3 is 5.32 Å². The van der Waals surface area contributed by atoms with E-state index in [-0.39, 0.29) is 11.7 Å². The van der Waals surface area contributed by atoms with E-state index in [0.29, 0.717) is 11.8 Å². The van der Waals surface area contributed by atoms with Crippen LogP contribution < -0.4 is 5.32 Å². The number of nitrogens with one attached hydrogen (secondary N) is 1. The number of amides is 1. The van der Waals surface area contributed by atoms with Gasteiger partial charge in [0.05, 0.1) is 0 Å². The van der Waals surface area contributed by atoms with E-state index in [4.69, 9.17) is 0 Å². The highest BCUT2D eigenvalue weighted by Gasteiger charge is 2.42. The second kappa shape index (κ2) is 5.28. The Morgan fingerprint density at radius 1 is 1.41 bits per heavy atom. The third-order valence-electron chi connectivity index (χ3n) is 5.20. The predicted octanol–water partition coefficient (Wildman–Crippen LogP) is 2.99. The van der Waals surface area contributed by atoms with Crippen LogP contribution in [0.3, 0.4) is 0 Å². The summed E-state index contributed by atoms with van der Waals surface area (Å²) in [5.74, 6) is 1.37. The molecule has 4 nitrogen and oxygen atoms in total. The summed E-state index contributed by atoms with van der Waals surface area (Å²) in [4.78, 5) is 12.2. The van der Waals surface area contributed by atoms with Gasteiger partial charge in [0, 0.05) is 19.2 Å². The number of rotatable bonds is 3. The number of nitrogens with zero attached hydrogens (tertiary/aromatic N) is 2. The fourth-order valence-corrected chi connectivity index (χ4v) is 4.11. The second-order valence-corrected chi connectivity index (χ2v) is 6.64. The van der Waals surface area contributed by atoms with E-state index in [1.807, 2.05) is 6.92 Å². The molecule has 122 valence electrons. The summed E-state index contributed by atoms with van der Waals surface area (Å²) in [7, 11) is 1.35. The summed E-state index contributed by atoms with van der Waals surface area (Å²) in [6, 6.07) is 0.787. The molecule has 3 rings (SSSR count). The fraction of sp³-hybridized carbons (Fsp3) is 0.733. The van der Waals surface area contributed by atoms with Gasteiger partial charge in [0.1, 0.15) is 5.69 Å². The fourth-order valence-electron chi connectivity index (χ4n) is 4.11. The Balaban J connectivity index is 1.68. The van der Waals surface area contributed by atoms with Gasteiger partial charge in [-0.2, -0.15) is 18.3 Å². The molecule has 0 aliphatic heterocycles. The molecule has 7 heteroatoms. The van der Waals surface area contributed by atoms with E-state index in [1.54, 1.807) is 0 Å². The van der Waals surface area contributed by atoms with Crippen LogP contribution in [0.4, 0.5) is 13.2 Å². The lowest BCUT2D eigenvalue weighted by atomic mass is 9.84. The Labute approximate surface area is 127 Å². The minimum Gasteiger partial charge on any atom is -0.348 e. The van der Waals surface area contributed by atoms with Crippen molar-refractivity contribution in [1.29, 1.82) is 0 Å². The van der Waals surface area contributed by atoms with Crippen LogP contribution in [0.1, 0.15) is 48.8 Å². The van der Waals surface area contributed by atoms with Gasteiger partial charge in [-0.15, -0.1) is 0 Å². The number of hydrogen-bond donors (Lipinski definition) is 1. The Bertz CT molecular complexity index is 581. The van der Waals surface area contributed by atoms with E-state index in [9.17, 15) is 18.0 Å². The number of carbonyl (C=O) groups excluding carboxylic acids is 1. The highest BCUT2D eigenvalue weighted by atomic mass is 19.4. The molecule has 0 aromatic carbocycles. The molecule has 1 aromatic rings. The van der Waals surface area contributed by atoms with E-state index in [1.165, 1.54) is 26.3 Å². The number of aromatic nitrogens is 2. The van der Waals surface area contributed by atoms with Crippen LogP contribution >= 0.6 is 0 Å². The smallest absolute Gasteiger partial charge is 0.348 e. The third kappa shape index (κ3) is 2.73. The van der Waals surface area contributed by atoms with Gasteiger partial charge in [0.2, 0.25) is 0 Å². The van der Waals surface area contributed by atoms with Crippen molar-refractivity contribution in [2.24, 2.45) is 24.8 Å². The standard InChI is InChI=1S/C15H20F3N3O/c1-8(11-6-9-3-4-10(11)5-9)19-14(22)12-7-13(15(16,17)18)20-21(12)2/h7-11H,3-6H2,1-2H3,(H,19,22)/t8-,9-,10-,11+/m0/s1. The summed E-state index contributed by atoms with van der Waals surface area (Å²) in [6.45, 7) is 1.95. The van der Waals surface area contributed by atoms with Crippen LogP contribution in [0.15, 0.2) is 6.07 Å². The molecule has 4 atom stereocenters. The Morgan fingerprint density at radius 3 is 2.64 bits per heavy atom. The van der Waals surface area contributed by atoms with Crippen LogP contribution in [-0.2, 0) is 13.2 Å². The topological polar surface area (TPSA) is 46.9 Å². The maximum absolute atomic E-state index is 12.6. The Kier molecular flexibility index (Phi) is 3.69. The average molecular weight is 315 g/mol. The molecular weight excluding hydrogens is 295 g/mol. The van der Waals surface area contributed by atoms with E-state index in [0.717, 1.165) is 23.1 Å². The maximum atomic E-state index is 12.6. The monoisotopic (exact) mass is 315 g/mol. The SMILES string of the molecule is C[C@H](NC(=O)c1cc(C(F)(F)F)nn1C)[C@H]1C[C@H]2CC[C@H]1C2. The largest absolute Gasteiger partial charge is 0.435 e. The average Bonchev–Trinajstić information content (AvgIpc) is 3.11. The van der Waals surface area contributed by atoms with Crippen molar-refractivity contribution < 1.29 is 18.0 Å². The molecule has 0 spiro atoms. The quantitative estimate of drug-likeness (QED) is 0.932. The van der Waals surface area contributed by atoms with Gasteiger partial charge in [-0.25, -0.2) is 0 Å². The van der Waals surface area contributed by atoms with Crippen molar-refractivity contribution in [2.75, 3.05) is 0 Å². The summed E-state index contributed by atoms with van der Waals surface area (Å²) < 4.78 is 38.9. The molecular formula is C15H20F3N3O. The lowest BCUT2D eigenvalue weighted by Crippen LogP contribution is -2.40. The van der Waals surface area contributed by atoms with Crippen molar-refractivity contribution in [3.8, 4) is 0 Å². The normalized spacial score (nSPS) is 28.9.